The fourth-order valence-electron chi connectivity index (χ4n) is 6.02. The van der Waals surface area contributed by atoms with Gasteiger partial charge in [-0.25, -0.2) is 14.6 Å². The van der Waals surface area contributed by atoms with Crippen molar-refractivity contribution in [2.75, 3.05) is 11.5 Å². The minimum atomic E-state index is -1.33. The zero-order chi connectivity index (χ0) is 34.5. The first kappa shape index (κ1) is 34.9. The molecule has 2 aromatic rings. The Morgan fingerprint density at radius 1 is 1.21 bits per heavy atom. The standard InChI is InChI=1S/C32H38N6O8S2/c1-16(2)21-10-7-17(3)12-23(21)46-32(42)45-18(4)44-30(41)26-20(9-8-19-6-5-11-34-13-19)14-47-29-25(28(40)38(26)29)36-27(39)24(37-43)22-15-48-31(33)35-22/h5-6,8-9,11,13,15-18,21,23,25,29,43H,7,10,12,14H2,1-4H3,(H2,33,35)(H,36,39)/b9-8-,37-24-/t17-,18?,21+,23-,25-,29-/m1/s1. The average molecular weight is 699 g/mol. The van der Waals surface area contributed by atoms with Crippen LogP contribution in [0.4, 0.5) is 9.93 Å². The van der Waals surface area contributed by atoms with E-state index in [9.17, 15) is 24.4 Å². The minimum Gasteiger partial charge on any atom is -0.431 e. The molecule has 2 aliphatic heterocycles. The van der Waals surface area contributed by atoms with Gasteiger partial charge in [0.05, 0.1) is 0 Å². The van der Waals surface area contributed by atoms with Gasteiger partial charge in [0.1, 0.15) is 28.9 Å². The first-order valence-corrected chi connectivity index (χ1v) is 17.5. The summed E-state index contributed by atoms with van der Waals surface area (Å²) in [6, 6.07) is 2.55. The highest BCUT2D eigenvalue weighted by atomic mass is 32.2. The van der Waals surface area contributed by atoms with Crippen LogP contribution < -0.4 is 11.1 Å². The number of nitrogens with two attached hydrogens (primary N) is 1. The number of carbonyl (C=O) groups excluding carboxylic acids is 4. The number of β-lactam (4-membered cyclic amide) rings is 1. The quantitative estimate of drug-likeness (QED) is 0.0802. The Morgan fingerprint density at radius 3 is 2.67 bits per heavy atom. The maximum atomic E-state index is 13.7. The van der Waals surface area contributed by atoms with E-state index in [-0.39, 0.29) is 34.3 Å². The Kier molecular flexibility index (Phi) is 11.0. The lowest BCUT2D eigenvalue weighted by atomic mass is 9.75. The first-order valence-electron chi connectivity index (χ1n) is 15.5. The minimum absolute atomic E-state index is 0.0506. The number of nitrogens with zero attached hydrogens (tertiary/aromatic N) is 4. The molecule has 48 heavy (non-hydrogen) atoms. The summed E-state index contributed by atoms with van der Waals surface area (Å²) < 4.78 is 16.6. The molecule has 4 N–H and O–H groups in total. The number of amides is 2. The molecule has 1 saturated carbocycles. The second-order valence-electron chi connectivity index (χ2n) is 12.2. The number of carbonyl (C=O) groups is 4. The Bertz CT molecular complexity index is 1630. The van der Waals surface area contributed by atoms with Crippen LogP contribution in [0.5, 0.6) is 0 Å². The number of hydrogen-bond donors (Lipinski definition) is 3. The van der Waals surface area contributed by atoms with Crippen LogP contribution in [-0.2, 0) is 28.6 Å². The van der Waals surface area contributed by atoms with Gasteiger partial charge in [0.15, 0.2) is 10.8 Å². The number of esters is 1. The molecule has 256 valence electrons. The summed E-state index contributed by atoms with van der Waals surface area (Å²) in [6.07, 6.45) is 6.88. The summed E-state index contributed by atoms with van der Waals surface area (Å²) in [4.78, 5) is 62.2. The second-order valence-corrected chi connectivity index (χ2v) is 14.2. The molecule has 3 aliphatic rings. The number of thioether (sulfide) groups is 1. The van der Waals surface area contributed by atoms with Crippen LogP contribution >= 0.6 is 23.1 Å². The molecule has 1 aliphatic carbocycles. The normalized spacial score (nSPS) is 24.9. The van der Waals surface area contributed by atoms with Crippen LogP contribution in [0.15, 0.2) is 52.4 Å². The van der Waals surface area contributed by atoms with Gasteiger partial charge in [0.25, 0.3) is 11.8 Å². The van der Waals surface area contributed by atoms with Gasteiger partial charge < -0.3 is 30.5 Å². The molecule has 1 unspecified atom stereocenters. The Hall–Kier alpha value is -4.44. The van der Waals surface area contributed by atoms with Crippen molar-refractivity contribution in [3.05, 3.63) is 58.5 Å². The smallest absolute Gasteiger partial charge is 0.431 e. The van der Waals surface area contributed by atoms with E-state index in [4.69, 9.17) is 19.9 Å². The Labute approximate surface area is 285 Å². The van der Waals surface area contributed by atoms with Crippen molar-refractivity contribution in [1.82, 2.24) is 20.2 Å². The van der Waals surface area contributed by atoms with Crippen molar-refractivity contribution in [3.8, 4) is 0 Å². The van der Waals surface area contributed by atoms with Crippen molar-refractivity contribution in [2.45, 2.75) is 70.8 Å². The predicted molar refractivity (Wildman–Crippen MR) is 178 cm³/mol. The summed E-state index contributed by atoms with van der Waals surface area (Å²) in [7, 11) is 0. The molecule has 5 rings (SSSR count). The number of allylic oxidation sites excluding steroid dienone is 1. The number of aromatic nitrogens is 2. The van der Waals surface area contributed by atoms with E-state index in [0.717, 1.165) is 36.2 Å². The number of rotatable bonds is 10. The molecule has 0 aromatic carbocycles. The molecule has 2 aromatic heterocycles. The lowest BCUT2D eigenvalue weighted by Crippen LogP contribution is -2.71. The van der Waals surface area contributed by atoms with Gasteiger partial charge in [-0.15, -0.1) is 23.1 Å². The highest BCUT2D eigenvalue weighted by Crippen LogP contribution is 2.41. The van der Waals surface area contributed by atoms with Crippen molar-refractivity contribution < 1.29 is 38.6 Å². The predicted octanol–water partition coefficient (Wildman–Crippen LogP) is 4.17. The van der Waals surface area contributed by atoms with Gasteiger partial charge in [-0.1, -0.05) is 50.6 Å². The molecule has 2 amide bonds. The molecule has 16 heteroatoms. The largest absolute Gasteiger partial charge is 0.511 e. The summed E-state index contributed by atoms with van der Waals surface area (Å²) in [6.45, 7) is 7.71. The monoisotopic (exact) mass is 698 g/mol. The maximum absolute atomic E-state index is 13.7. The van der Waals surface area contributed by atoms with E-state index in [0.29, 0.717) is 17.4 Å². The summed E-state index contributed by atoms with van der Waals surface area (Å²) in [5, 5.41) is 16.0. The number of thiazole rings is 1. The van der Waals surface area contributed by atoms with Crippen LogP contribution in [0.25, 0.3) is 6.08 Å². The van der Waals surface area contributed by atoms with E-state index >= 15 is 0 Å². The van der Waals surface area contributed by atoms with Crippen molar-refractivity contribution >= 4 is 64.0 Å². The number of fused-ring (bicyclic) bond motifs is 1. The van der Waals surface area contributed by atoms with E-state index in [1.807, 2.05) is 6.07 Å². The Morgan fingerprint density at radius 2 is 2.00 bits per heavy atom. The molecule has 0 spiro atoms. The molecule has 0 radical (unpaired) electrons. The summed E-state index contributed by atoms with van der Waals surface area (Å²) >= 11 is 2.37. The van der Waals surface area contributed by atoms with Gasteiger partial charge >= 0.3 is 12.1 Å². The van der Waals surface area contributed by atoms with Crippen LogP contribution in [0.3, 0.4) is 0 Å². The average Bonchev–Trinajstić information content (AvgIpc) is 3.47. The summed E-state index contributed by atoms with van der Waals surface area (Å²) in [5.74, 6) is -1.12. The van der Waals surface area contributed by atoms with E-state index in [2.05, 4.69) is 41.2 Å². The third kappa shape index (κ3) is 7.81. The number of hydrogen-bond acceptors (Lipinski definition) is 14. The second kappa shape index (κ2) is 15.2. The number of anilines is 1. The maximum Gasteiger partial charge on any atom is 0.511 e. The third-order valence-electron chi connectivity index (χ3n) is 8.46. The SMILES string of the molecule is CC(OC(=O)O[C@@H]1C[C@H](C)CC[C@H]1C(C)C)OC(=O)C1=C(/C=C\c2cccnc2)CS[C@@H]2[C@H](NC(=O)/C(=N\O)c3csc(N)n3)C(=O)N12. The molecule has 6 atom stereocenters. The lowest BCUT2D eigenvalue weighted by molar-refractivity contribution is -0.170. The van der Waals surface area contributed by atoms with Gasteiger partial charge in [-0.3, -0.25) is 19.5 Å². The number of ether oxygens (including phenoxy) is 3. The highest BCUT2D eigenvalue weighted by molar-refractivity contribution is 8.00. The van der Waals surface area contributed by atoms with Gasteiger partial charge in [0.2, 0.25) is 6.29 Å². The number of oxime groups is 1. The molecule has 1 saturated heterocycles. The van der Waals surface area contributed by atoms with Crippen molar-refractivity contribution in [1.29, 1.82) is 0 Å². The van der Waals surface area contributed by atoms with Crippen LogP contribution in [0.1, 0.15) is 58.2 Å². The zero-order valence-electron chi connectivity index (χ0n) is 26.9. The third-order valence-corrected chi connectivity index (χ3v) is 10.4. The van der Waals surface area contributed by atoms with Gasteiger partial charge in [0, 0.05) is 30.5 Å². The van der Waals surface area contributed by atoms with Gasteiger partial charge in [-0.05, 0) is 47.8 Å². The fourth-order valence-corrected chi connectivity index (χ4v) is 7.88. The number of pyridine rings is 1. The van der Waals surface area contributed by atoms with E-state index in [1.54, 1.807) is 30.6 Å². The molecular weight excluding hydrogens is 661 g/mol. The first-order chi connectivity index (χ1) is 23.0. The number of nitrogens with one attached hydrogen (secondary N) is 1. The molecule has 0 bridgehead atoms. The van der Waals surface area contributed by atoms with Crippen LogP contribution in [0.2, 0.25) is 0 Å². The highest BCUT2D eigenvalue weighted by Gasteiger charge is 2.54. The number of nitrogen functional groups attached to an aromatic ring is 1. The summed E-state index contributed by atoms with van der Waals surface area (Å²) in [5.41, 5.74) is 6.47. The van der Waals surface area contributed by atoms with E-state index < -0.39 is 47.4 Å². The van der Waals surface area contributed by atoms with Crippen molar-refractivity contribution in [2.24, 2.45) is 22.9 Å². The molecular formula is C32H38N6O8S2. The van der Waals surface area contributed by atoms with E-state index in [1.165, 1.54) is 29.0 Å². The molecule has 4 heterocycles. The van der Waals surface area contributed by atoms with Gasteiger partial charge in [-0.2, -0.15) is 0 Å². The lowest BCUT2D eigenvalue weighted by Gasteiger charge is -2.49. The topological polar surface area (TPSA) is 196 Å². The fraction of sp³-hybridized carbons (Fsp3) is 0.469. The van der Waals surface area contributed by atoms with Crippen LogP contribution in [0, 0.1) is 17.8 Å². The van der Waals surface area contributed by atoms with Crippen molar-refractivity contribution in [3.63, 3.8) is 0 Å². The molecule has 2 fully saturated rings. The zero-order valence-corrected chi connectivity index (χ0v) is 28.5. The molecule has 14 nitrogen and oxygen atoms in total. The van der Waals surface area contributed by atoms with Crippen LogP contribution in [-0.4, -0.2) is 79.3 Å². The Balaban J connectivity index is 1.30.